The first-order valence-electron chi connectivity index (χ1n) is 12.9. The number of hydrogen-bond acceptors (Lipinski definition) is 6. The largest absolute Gasteiger partial charge is 0.389 e. The van der Waals surface area contributed by atoms with Gasteiger partial charge in [0.25, 0.3) is 0 Å². The number of fused-ring (bicyclic) bond motifs is 1. The van der Waals surface area contributed by atoms with Gasteiger partial charge in [0.2, 0.25) is 0 Å². The van der Waals surface area contributed by atoms with Crippen molar-refractivity contribution < 1.29 is 5.11 Å². The lowest BCUT2D eigenvalue weighted by Gasteiger charge is -2.46. The number of nitrogens with zero attached hydrogens (tertiary/aromatic N) is 6. The van der Waals surface area contributed by atoms with Crippen LogP contribution in [0.1, 0.15) is 64.3 Å². The minimum Gasteiger partial charge on any atom is -0.389 e. The van der Waals surface area contributed by atoms with Crippen LogP contribution in [0.2, 0.25) is 10.0 Å². The highest BCUT2D eigenvalue weighted by atomic mass is 35.5. The Morgan fingerprint density at radius 3 is 2.64 bits per heavy atom. The number of aliphatic hydroxyl groups is 1. The van der Waals surface area contributed by atoms with E-state index in [0.29, 0.717) is 22.0 Å². The van der Waals surface area contributed by atoms with Gasteiger partial charge in [0.1, 0.15) is 11.3 Å². The average Bonchev–Trinajstić information content (AvgIpc) is 3.43. The maximum absolute atomic E-state index is 10.7. The second-order valence-electron chi connectivity index (χ2n) is 11.1. The molecule has 2 saturated heterocycles. The van der Waals surface area contributed by atoms with Crippen LogP contribution in [-0.4, -0.2) is 67.1 Å². The number of aryl methyl sites for hydroxylation is 1. The summed E-state index contributed by atoms with van der Waals surface area (Å²) < 4.78 is 1.92. The summed E-state index contributed by atoms with van der Waals surface area (Å²) in [5.74, 6) is 1.33. The lowest BCUT2D eigenvalue weighted by molar-refractivity contribution is -0.0284. The van der Waals surface area contributed by atoms with Crippen molar-refractivity contribution in [3.63, 3.8) is 0 Å². The summed E-state index contributed by atoms with van der Waals surface area (Å²) in [5.41, 5.74) is 2.69. The van der Waals surface area contributed by atoms with Crippen LogP contribution >= 0.6 is 23.2 Å². The van der Waals surface area contributed by atoms with Crippen molar-refractivity contribution in [1.29, 1.82) is 0 Å². The van der Waals surface area contributed by atoms with Crippen LogP contribution < -0.4 is 4.90 Å². The first-order chi connectivity index (χ1) is 17.0. The van der Waals surface area contributed by atoms with Gasteiger partial charge in [0.15, 0.2) is 5.65 Å². The fraction of sp³-hybridized carbons (Fsp3) is 0.593. The third-order valence-corrected chi connectivity index (χ3v) is 8.62. The van der Waals surface area contributed by atoms with Crippen LogP contribution in [0.5, 0.6) is 0 Å². The Bertz CT molecular complexity index is 1260. The molecule has 7 nitrogen and oxygen atoms in total. The van der Waals surface area contributed by atoms with Crippen molar-refractivity contribution in [3.8, 4) is 0 Å². The van der Waals surface area contributed by atoms with Crippen molar-refractivity contribution >= 4 is 40.2 Å². The molecule has 0 bridgehead atoms. The molecule has 194 valence electrons. The molecule has 1 unspecified atom stereocenters. The maximum Gasteiger partial charge on any atom is 0.179 e. The molecular weight excluding hydrogens is 495 g/mol. The number of hydrogen-bond donors (Lipinski definition) is 1. The van der Waals surface area contributed by atoms with Gasteiger partial charge in [-0.3, -0.25) is 4.90 Å². The summed E-state index contributed by atoms with van der Waals surface area (Å²) >= 11 is 12.6. The van der Waals surface area contributed by atoms with Gasteiger partial charge < -0.3 is 10.0 Å². The van der Waals surface area contributed by atoms with E-state index in [-0.39, 0.29) is 12.1 Å². The Morgan fingerprint density at radius 1 is 1.17 bits per heavy atom. The number of halogens is 2. The molecule has 3 aromatic rings. The van der Waals surface area contributed by atoms with E-state index in [0.717, 1.165) is 67.1 Å². The molecule has 0 spiro atoms. The standard InChI is InChI=1S/C27H36Cl2N6O/c1-16-15-33(12-10-22(16)34-11-6-7-23(34)27(4,5)36)24-14-30-25-17(2)32-35(26(25)31-24)18(3)20-9-8-19(28)13-21(20)29/h8-9,13-14,16,18,22-23,36H,6-7,10-12,15H2,1-5H3/t16-,18-,22?,23+/m1/s1. The Hall–Kier alpha value is -1.93. The number of anilines is 1. The summed E-state index contributed by atoms with van der Waals surface area (Å²) in [6.07, 6.45) is 5.15. The van der Waals surface area contributed by atoms with Crippen molar-refractivity contribution in [2.45, 2.75) is 77.6 Å². The molecule has 0 radical (unpaired) electrons. The van der Waals surface area contributed by atoms with Gasteiger partial charge in [-0.15, -0.1) is 0 Å². The molecule has 4 atom stereocenters. The van der Waals surface area contributed by atoms with Crippen LogP contribution in [0, 0.1) is 12.8 Å². The Kier molecular flexibility index (Phi) is 6.96. The van der Waals surface area contributed by atoms with E-state index < -0.39 is 5.60 Å². The van der Waals surface area contributed by atoms with Gasteiger partial charge in [0.05, 0.1) is 23.5 Å². The quantitative estimate of drug-likeness (QED) is 0.469. The van der Waals surface area contributed by atoms with Crippen LogP contribution in [0.4, 0.5) is 5.82 Å². The van der Waals surface area contributed by atoms with Crippen molar-refractivity contribution in [2.75, 3.05) is 24.5 Å². The molecule has 1 aromatic carbocycles. The van der Waals surface area contributed by atoms with E-state index in [2.05, 4.69) is 23.6 Å². The van der Waals surface area contributed by atoms with E-state index in [9.17, 15) is 5.11 Å². The van der Waals surface area contributed by atoms with Gasteiger partial charge in [0, 0.05) is 35.2 Å². The van der Waals surface area contributed by atoms with Crippen LogP contribution in [0.25, 0.3) is 11.2 Å². The minimum absolute atomic E-state index is 0.117. The normalized spacial score (nSPS) is 24.6. The summed E-state index contributed by atoms with van der Waals surface area (Å²) in [7, 11) is 0. The zero-order chi connectivity index (χ0) is 25.8. The number of aromatic nitrogens is 4. The highest BCUT2D eigenvalue weighted by Crippen LogP contribution is 2.35. The van der Waals surface area contributed by atoms with Gasteiger partial charge in [-0.1, -0.05) is 36.2 Å². The molecule has 2 aliphatic rings. The first kappa shape index (κ1) is 25.7. The number of piperidine rings is 1. The number of likely N-dealkylation sites (tertiary alicyclic amines) is 1. The summed E-state index contributed by atoms with van der Waals surface area (Å²) in [5, 5.41) is 16.7. The van der Waals surface area contributed by atoms with E-state index in [1.54, 1.807) is 6.07 Å². The molecule has 2 fully saturated rings. The molecule has 9 heteroatoms. The van der Waals surface area contributed by atoms with Gasteiger partial charge in [-0.25, -0.2) is 14.6 Å². The zero-order valence-electron chi connectivity index (χ0n) is 21.7. The Morgan fingerprint density at radius 2 is 1.94 bits per heavy atom. The lowest BCUT2D eigenvalue weighted by atomic mass is 9.89. The zero-order valence-corrected chi connectivity index (χ0v) is 23.3. The van der Waals surface area contributed by atoms with E-state index >= 15 is 0 Å². The molecule has 4 heterocycles. The predicted octanol–water partition coefficient (Wildman–Crippen LogP) is 5.50. The summed E-state index contributed by atoms with van der Waals surface area (Å²) in [6.45, 7) is 13.1. The molecule has 0 aliphatic carbocycles. The third kappa shape index (κ3) is 4.71. The van der Waals surface area contributed by atoms with Crippen LogP contribution in [-0.2, 0) is 0 Å². The minimum atomic E-state index is -0.677. The average molecular weight is 532 g/mol. The van der Waals surface area contributed by atoms with Crippen molar-refractivity contribution in [1.82, 2.24) is 24.6 Å². The molecule has 0 saturated carbocycles. The first-order valence-corrected chi connectivity index (χ1v) is 13.7. The second-order valence-corrected chi connectivity index (χ2v) is 11.9. The molecule has 36 heavy (non-hydrogen) atoms. The van der Waals surface area contributed by atoms with Crippen LogP contribution in [0.15, 0.2) is 24.4 Å². The molecular formula is C27H36Cl2N6O. The summed E-state index contributed by atoms with van der Waals surface area (Å²) in [4.78, 5) is 14.7. The highest BCUT2D eigenvalue weighted by Gasteiger charge is 2.42. The predicted molar refractivity (Wildman–Crippen MR) is 146 cm³/mol. The fourth-order valence-corrected chi connectivity index (χ4v) is 6.78. The number of rotatable bonds is 5. The summed E-state index contributed by atoms with van der Waals surface area (Å²) in [6, 6.07) is 6.14. The molecule has 2 aliphatic heterocycles. The van der Waals surface area contributed by atoms with Gasteiger partial charge in [-0.05, 0) is 77.1 Å². The monoisotopic (exact) mass is 530 g/mol. The van der Waals surface area contributed by atoms with E-state index in [4.69, 9.17) is 38.3 Å². The Balaban J connectivity index is 1.40. The second kappa shape index (κ2) is 9.75. The molecule has 1 N–H and O–H groups in total. The SMILES string of the molecule is Cc1nn([C@H](C)c2ccc(Cl)cc2Cl)c2nc(N3CCC(N4CCC[C@H]4C(C)(C)O)[C@H](C)C3)cnc12. The van der Waals surface area contributed by atoms with Gasteiger partial charge in [-0.2, -0.15) is 5.10 Å². The fourth-order valence-electron chi connectivity index (χ4n) is 6.21. The maximum atomic E-state index is 10.7. The van der Waals surface area contributed by atoms with Crippen LogP contribution in [0.3, 0.4) is 0 Å². The van der Waals surface area contributed by atoms with Crippen molar-refractivity contribution in [3.05, 3.63) is 45.7 Å². The lowest BCUT2D eigenvalue weighted by Crippen LogP contribution is -2.56. The van der Waals surface area contributed by atoms with E-state index in [1.165, 1.54) is 0 Å². The van der Waals surface area contributed by atoms with Crippen molar-refractivity contribution in [2.24, 2.45) is 5.92 Å². The molecule has 2 aromatic heterocycles. The number of benzene rings is 1. The Labute approximate surface area is 223 Å². The smallest absolute Gasteiger partial charge is 0.179 e. The topological polar surface area (TPSA) is 70.3 Å². The molecule has 0 amide bonds. The van der Waals surface area contributed by atoms with E-state index in [1.807, 2.05) is 43.8 Å². The third-order valence-electron chi connectivity index (χ3n) is 8.06. The highest BCUT2D eigenvalue weighted by molar-refractivity contribution is 6.35. The molecule has 5 rings (SSSR count). The van der Waals surface area contributed by atoms with Gasteiger partial charge >= 0.3 is 0 Å².